The molecule has 12 nitrogen and oxygen atoms in total. The second kappa shape index (κ2) is 16.8. The number of amides is 3. The van der Waals surface area contributed by atoms with Gasteiger partial charge in [0.1, 0.15) is 24.3 Å². The van der Waals surface area contributed by atoms with Gasteiger partial charge in [-0.2, -0.15) is 0 Å². The molecule has 0 radical (unpaired) electrons. The first-order valence-electron chi connectivity index (χ1n) is 12.3. The van der Waals surface area contributed by atoms with E-state index in [0.29, 0.717) is 19.4 Å². The minimum Gasteiger partial charge on any atom is -0.467 e. The van der Waals surface area contributed by atoms with Crippen molar-refractivity contribution >= 4 is 30.0 Å². The van der Waals surface area contributed by atoms with Gasteiger partial charge < -0.3 is 34.9 Å². The molecule has 0 spiro atoms. The fourth-order valence-corrected chi connectivity index (χ4v) is 3.21. The fraction of sp³-hybridized carbons (Fsp3) is 0.577. The second-order valence-corrected chi connectivity index (χ2v) is 9.39. The van der Waals surface area contributed by atoms with Gasteiger partial charge in [-0.1, -0.05) is 30.3 Å². The van der Waals surface area contributed by atoms with Crippen molar-refractivity contribution in [2.75, 3.05) is 20.8 Å². The van der Waals surface area contributed by atoms with E-state index < -0.39 is 47.7 Å². The van der Waals surface area contributed by atoms with Crippen LogP contribution in [0.2, 0.25) is 0 Å². The van der Waals surface area contributed by atoms with Crippen LogP contribution in [0.5, 0.6) is 0 Å². The summed E-state index contributed by atoms with van der Waals surface area (Å²) in [6.07, 6.45) is -0.291. The molecule has 1 aromatic carbocycles. The molecule has 3 N–H and O–H groups in total. The van der Waals surface area contributed by atoms with Gasteiger partial charge in [0.15, 0.2) is 0 Å². The third-order valence-electron chi connectivity index (χ3n) is 5.06. The van der Waals surface area contributed by atoms with Crippen LogP contribution in [0.4, 0.5) is 9.59 Å². The normalized spacial score (nSPS) is 12.3. The van der Waals surface area contributed by atoms with Crippen molar-refractivity contribution in [3.05, 3.63) is 35.9 Å². The van der Waals surface area contributed by atoms with Crippen LogP contribution in [0.1, 0.15) is 58.4 Å². The van der Waals surface area contributed by atoms with Crippen LogP contribution in [-0.2, 0) is 39.9 Å². The van der Waals surface area contributed by atoms with Gasteiger partial charge in [-0.3, -0.25) is 4.79 Å². The molecule has 0 unspecified atom stereocenters. The molecule has 1 rings (SSSR count). The average molecular weight is 538 g/mol. The van der Waals surface area contributed by atoms with Crippen molar-refractivity contribution in [3.63, 3.8) is 0 Å². The summed E-state index contributed by atoms with van der Waals surface area (Å²) >= 11 is 0. The number of hydrogen-bond acceptors (Lipinski definition) is 9. The van der Waals surface area contributed by atoms with Crippen LogP contribution >= 0.6 is 0 Å². The van der Waals surface area contributed by atoms with Gasteiger partial charge in [-0.25, -0.2) is 19.2 Å². The highest BCUT2D eigenvalue weighted by Crippen LogP contribution is 2.08. The molecule has 12 heteroatoms. The molecule has 212 valence electrons. The van der Waals surface area contributed by atoms with Crippen molar-refractivity contribution in [3.8, 4) is 0 Å². The van der Waals surface area contributed by atoms with E-state index in [2.05, 4.69) is 16.0 Å². The molecule has 0 heterocycles. The molecule has 0 saturated carbocycles. The van der Waals surface area contributed by atoms with E-state index in [1.54, 1.807) is 45.0 Å². The molecule has 0 aliphatic heterocycles. The number of esters is 2. The van der Waals surface area contributed by atoms with E-state index in [1.165, 1.54) is 7.11 Å². The standard InChI is InChI=1S/C26H39N3O9/c1-26(2,3)38-24(33)27-16-10-9-13-19(22(31)35-4)28-21(30)15-14-20(23(32)36-5)29-25(34)37-17-18-11-7-6-8-12-18/h6-8,11-12,19-20H,9-10,13-17H2,1-5H3,(H,27,33)(H,28,30)(H,29,34)/t19-,20+/m0/s1. The number of methoxy groups -OCH3 is 2. The molecule has 1 aromatic rings. The van der Waals surface area contributed by atoms with E-state index >= 15 is 0 Å². The number of carbonyl (C=O) groups excluding carboxylic acids is 5. The van der Waals surface area contributed by atoms with Crippen molar-refractivity contribution < 1.29 is 42.9 Å². The van der Waals surface area contributed by atoms with Crippen molar-refractivity contribution in [1.82, 2.24) is 16.0 Å². The molecular weight excluding hydrogens is 498 g/mol. The molecule has 0 aliphatic carbocycles. The summed E-state index contributed by atoms with van der Waals surface area (Å²) in [5.74, 6) is -1.87. The Morgan fingerprint density at radius 3 is 2.00 bits per heavy atom. The summed E-state index contributed by atoms with van der Waals surface area (Å²) in [5.41, 5.74) is 0.168. The SMILES string of the molecule is COC(=O)[C@H](CCCCNC(=O)OC(C)(C)C)NC(=O)CC[C@@H](NC(=O)OCc1ccccc1)C(=O)OC. The predicted octanol–water partition coefficient (Wildman–Crippen LogP) is 2.59. The Labute approximate surface area is 223 Å². The van der Waals surface area contributed by atoms with Gasteiger partial charge in [0.2, 0.25) is 5.91 Å². The van der Waals surface area contributed by atoms with Crippen molar-refractivity contribution in [2.45, 2.75) is 77.2 Å². The lowest BCUT2D eigenvalue weighted by Gasteiger charge is -2.20. The summed E-state index contributed by atoms with van der Waals surface area (Å²) in [7, 11) is 2.38. The molecule has 0 fully saturated rings. The molecule has 0 bridgehead atoms. The smallest absolute Gasteiger partial charge is 0.408 e. The Kier molecular flexibility index (Phi) is 14.3. The molecule has 2 atom stereocenters. The zero-order valence-electron chi connectivity index (χ0n) is 22.7. The Morgan fingerprint density at radius 2 is 1.42 bits per heavy atom. The Morgan fingerprint density at radius 1 is 0.816 bits per heavy atom. The minimum absolute atomic E-state index is 0.00908. The molecule has 0 aliphatic rings. The minimum atomic E-state index is -1.12. The van der Waals surface area contributed by atoms with Crippen LogP contribution in [0, 0.1) is 0 Å². The Bertz CT molecular complexity index is 916. The fourth-order valence-electron chi connectivity index (χ4n) is 3.21. The summed E-state index contributed by atoms with van der Waals surface area (Å²) in [5, 5.41) is 7.62. The van der Waals surface area contributed by atoms with Gasteiger partial charge in [0.25, 0.3) is 0 Å². The highest BCUT2D eigenvalue weighted by molar-refractivity contribution is 5.85. The maximum absolute atomic E-state index is 12.5. The van der Waals surface area contributed by atoms with Gasteiger partial charge in [-0.05, 0) is 52.0 Å². The molecule has 3 amide bonds. The van der Waals surface area contributed by atoms with Crippen LogP contribution in [-0.4, -0.2) is 68.5 Å². The van der Waals surface area contributed by atoms with E-state index in [9.17, 15) is 24.0 Å². The lowest BCUT2D eigenvalue weighted by Crippen LogP contribution is -2.44. The van der Waals surface area contributed by atoms with E-state index in [4.69, 9.17) is 18.9 Å². The number of hydrogen-bond donors (Lipinski definition) is 3. The lowest BCUT2D eigenvalue weighted by atomic mass is 10.1. The van der Waals surface area contributed by atoms with Crippen molar-refractivity contribution in [2.24, 2.45) is 0 Å². The number of ether oxygens (including phenoxy) is 4. The number of rotatable bonds is 14. The molecule has 38 heavy (non-hydrogen) atoms. The first-order chi connectivity index (χ1) is 17.9. The Balaban J connectivity index is 2.50. The predicted molar refractivity (Wildman–Crippen MR) is 137 cm³/mol. The van der Waals surface area contributed by atoms with Gasteiger partial charge in [0.05, 0.1) is 14.2 Å². The maximum atomic E-state index is 12.5. The number of benzene rings is 1. The number of unbranched alkanes of at least 4 members (excludes halogenated alkanes) is 1. The summed E-state index contributed by atoms with van der Waals surface area (Å²) in [6, 6.07) is 6.97. The zero-order valence-corrected chi connectivity index (χ0v) is 22.7. The summed E-state index contributed by atoms with van der Waals surface area (Å²) in [6.45, 7) is 5.63. The second-order valence-electron chi connectivity index (χ2n) is 9.39. The van der Waals surface area contributed by atoms with Gasteiger partial charge in [0, 0.05) is 13.0 Å². The van der Waals surface area contributed by atoms with Crippen LogP contribution < -0.4 is 16.0 Å². The highest BCUT2D eigenvalue weighted by Gasteiger charge is 2.26. The zero-order chi connectivity index (χ0) is 28.6. The van der Waals surface area contributed by atoms with Crippen LogP contribution in [0.25, 0.3) is 0 Å². The van der Waals surface area contributed by atoms with Gasteiger partial charge in [-0.15, -0.1) is 0 Å². The van der Waals surface area contributed by atoms with Gasteiger partial charge >= 0.3 is 24.1 Å². The lowest BCUT2D eigenvalue weighted by molar-refractivity contribution is -0.146. The number of carbonyl (C=O) groups is 5. The van der Waals surface area contributed by atoms with Crippen molar-refractivity contribution in [1.29, 1.82) is 0 Å². The summed E-state index contributed by atoms with van der Waals surface area (Å²) < 4.78 is 19.8. The van der Waals surface area contributed by atoms with E-state index in [-0.39, 0.29) is 25.9 Å². The number of nitrogens with one attached hydrogen (secondary N) is 3. The molecular formula is C26H39N3O9. The molecule has 0 aromatic heterocycles. The van der Waals surface area contributed by atoms with E-state index in [0.717, 1.165) is 12.7 Å². The third kappa shape index (κ3) is 14.0. The molecule has 0 saturated heterocycles. The van der Waals surface area contributed by atoms with E-state index in [1.807, 2.05) is 6.07 Å². The summed E-state index contributed by atoms with van der Waals surface area (Å²) in [4.78, 5) is 60.6. The highest BCUT2D eigenvalue weighted by atomic mass is 16.6. The topological polar surface area (TPSA) is 158 Å². The van der Waals surface area contributed by atoms with Crippen LogP contribution in [0.15, 0.2) is 30.3 Å². The third-order valence-corrected chi connectivity index (χ3v) is 5.06. The number of alkyl carbamates (subject to hydrolysis) is 2. The maximum Gasteiger partial charge on any atom is 0.408 e. The first-order valence-corrected chi connectivity index (χ1v) is 12.3. The Hall–Kier alpha value is -3.83. The monoisotopic (exact) mass is 537 g/mol. The largest absolute Gasteiger partial charge is 0.467 e. The first kappa shape index (κ1) is 32.2. The average Bonchev–Trinajstić information content (AvgIpc) is 2.87. The quantitative estimate of drug-likeness (QED) is 0.184. The van der Waals surface area contributed by atoms with Crippen LogP contribution in [0.3, 0.4) is 0 Å².